The fraction of sp³-hybridized carbons (Fsp3) is 0.143. The zero-order valence-electron chi connectivity index (χ0n) is 10.5. The van der Waals surface area contributed by atoms with Gasteiger partial charge in [0.15, 0.2) is 0 Å². The molecule has 0 unspecified atom stereocenters. The number of hydrogen-bond acceptors (Lipinski definition) is 5. The quantitative estimate of drug-likeness (QED) is 0.407. The van der Waals surface area contributed by atoms with Gasteiger partial charge in [-0.15, -0.1) is 23.1 Å². The molecule has 1 aromatic heterocycles. The molecule has 0 atom stereocenters. The first kappa shape index (κ1) is 14.6. The van der Waals surface area contributed by atoms with Crippen molar-refractivity contribution in [2.45, 2.75) is 10.6 Å². The van der Waals surface area contributed by atoms with Crippen molar-refractivity contribution in [2.75, 3.05) is 6.54 Å². The Kier molecular flexibility index (Phi) is 5.18. The molecular weight excluding hydrogens is 292 g/mol. The largest absolute Gasteiger partial charge is 0.320 e. The standard InChI is InChI=1S/C14H12N2O2S2/c15-7-1-2-11-8-14(19-9-11)10-20-13-5-3-12(4-6-13)16(17)18/h3-6,8-9H,7,10,15H2. The van der Waals surface area contributed by atoms with Gasteiger partial charge in [0.25, 0.3) is 5.69 Å². The Balaban J connectivity index is 1.94. The number of nitro benzene ring substituents is 1. The molecule has 0 radical (unpaired) electrons. The van der Waals surface area contributed by atoms with Gasteiger partial charge < -0.3 is 5.73 Å². The molecule has 2 N–H and O–H groups in total. The van der Waals surface area contributed by atoms with Crippen LogP contribution in [0, 0.1) is 22.0 Å². The molecule has 0 aliphatic carbocycles. The molecule has 0 amide bonds. The summed E-state index contributed by atoms with van der Waals surface area (Å²) in [7, 11) is 0. The summed E-state index contributed by atoms with van der Waals surface area (Å²) in [6.07, 6.45) is 0. The van der Waals surface area contributed by atoms with E-state index in [4.69, 9.17) is 5.73 Å². The normalized spacial score (nSPS) is 9.85. The number of thioether (sulfide) groups is 1. The highest BCUT2D eigenvalue weighted by Crippen LogP contribution is 2.27. The highest BCUT2D eigenvalue weighted by Gasteiger charge is 2.05. The predicted molar refractivity (Wildman–Crippen MR) is 82.9 cm³/mol. The fourth-order valence-electron chi connectivity index (χ4n) is 1.49. The van der Waals surface area contributed by atoms with Crippen LogP contribution in [0.5, 0.6) is 0 Å². The number of nitro groups is 1. The topological polar surface area (TPSA) is 69.2 Å². The van der Waals surface area contributed by atoms with Crippen LogP contribution in [0.1, 0.15) is 10.4 Å². The predicted octanol–water partition coefficient (Wildman–Crippen LogP) is 3.26. The maximum atomic E-state index is 10.6. The van der Waals surface area contributed by atoms with Gasteiger partial charge in [-0.05, 0) is 18.2 Å². The molecule has 6 heteroatoms. The molecule has 0 bridgehead atoms. The first-order valence-electron chi connectivity index (χ1n) is 5.82. The minimum atomic E-state index is -0.393. The first-order valence-corrected chi connectivity index (χ1v) is 7.69. The summed E-state index contributed by atoms with van der Waals surface area (Å²) >= 11 is 3.30. The average Bonchev–Trinajstić information content (AvgIpc) is 2.91. The average molecular weight is 304 g/mol. The van der Waals surface area contributed by atoms with Crippen LogP contribution in [0.4, 0.5) is 5.69 Å². The summed E-state index contributed by atoms with van der Waals surface area (Å²) < 4.78 is 0. The molecule has 1 aromatic carbocycles. The van der Waals surface area contributed by atoms with Crippen LogP contribution >= 0.6 is 23.1 Å². The number of hydrogen-bond donors (Lipinski definition) is 1. The zero-order chi connectivity index (χ0) is 14.4. The third kappa shape index (κ3) is 4.10. The lowest BCUT2D eigenvalue weighted by Gasteiger charge is -1.99. The van der Waals surface area contributed by atoms with E-state index in [1.54, 1.807) is 35.2 Å². The van der Waals surface area contributed by atoms with Gasteiger partial charge in [0.2, 0.25) is 0 Å². The monoisotopic (exact) mass is 304 g/mol. The second-order valence-electron chi connectivity index (χ2n) is 3.85. The Hall–Kier alpha value is -1.81. The Morgan fingerprint density at radius 2 is 2.10 bits per heavy atom. The van der Waals surface area contributed by atoms with Crippen molar-refractivity contribution >= 4 is 28.8 Å². The maximum Gasteiger partial charge on any atom is 0.269 e. The summed E-state index contributed by atoms with van der Waals surface area (Å²) in [5.74, 6) is 6.64. The molecule has 20 heavy (non-hydrogen) atoms. The van der Waals surface area contributed by atoms with Gasteiger partial charge in [-0.3, -0.25) is 10.1 Å². The summed E-state index contributed by atoms with van der Waals surface area (Å²) in [6, 6.07) is 8.63. The van der Waals surface area contributed by atoms with Crippen molar-refractivity contribution in [3.05, 3.63) is 56.3 Å². The lowest BCUT2D eigenvalue weighted by molar-refractivity contribution is -0.384. The van der Waals surface area contributed by atoms with Crippen molar-refractivity contribution < 1.29 is 4.92 Å². The Bertz CT molecular complexity index is 654. The highest BCUT2D eigenvalue weighted by molar-refractivity contribution is 7.98. The van der Waals surface area contributed by atoms with E-state index in [1.165, 1.54) is 17.0 Å². The van der Waals surface area contributed by atoms with Gasteiger partial charge in [0.1, 0.15) is 0 Å². The molecule has 0 saturated carbocycles. The summed E-state index contributed by atoms with van der Waals surface area (Å²) in [5.41, 5.74) is 6.43. The zero-order valence-corrected chi connectivity index (χ0v) is 12.2. The van der Waals surface area contributed by atoms with E-state index in [-0.39, 0.29) is 5.69 Å². The van der Waals surface area contributed by atoms with E-state index in [2.05, 4.69) is 11.8 Å². The second kappa shape index (κ2) is 7.10. The van der Waals surface area contributed by atoms with Gasteiger partial charge in [-0.2, -0.15) is 0 Å². The summed E-state index contributed by atoms with van der Waals surface area (Å²) in [6.45, 7) is 0.364. The van der Waals surface area contributed by atoms with E-state index in [0.717, 1.165) is 16.2 Å². The number of nitrogens with two attached hydrogens (primary N) is 1. The molecular formula is C14H12N2O2S2. The van der Waals surface area contributed by atoms with E-state index in [9.17, 15) is 10.1 Å². The fourth-order valence-corrected chi connectivity index (χ4v) is 3.26. The molecule has 0 fully saturated rings. The van der Waals surface area contributed by atoms with Gasteiger partial charge >= 0.3 is 0 Å². The van der Waals surface area contributed by atoms with Crippen molar-refractivity contribution in [1.82, 2.24) is 0 Å². The molecule has 0 saturated heterocycles. The molecule has 102 valence electrons. The smallest absolute Gasteiger partial charge is 0.269 e. The number of benzene rings is 1. The lowest BCUT2D eigenvalue weighted by atomic mass is 10.3. The van der Waals surface area contributed by atoms with Crippen LogP contribution in [0.3, 0.4) is 0 Å². The summed E-state index contributed by atoms with van der Waals surface area (Å²) in [5, 5.41) is 12.6. The third-order valence-corrected chi connectivity index (χ3v) is 4.60. The van der Waals surface area contributed by atoms with E-state index < -0.39 is 4.92 Å². The molecule has 2 rings (SSSR count). The van der Waals surface area contributed by atoms with Crippen molar-refractivity contribution in [3.8, 4) is 11.8 Å². The minimum Gasteiger partial charge on any atom is -0.320 e. The Morgan fingerprint density at radius 1 is 1.35 bits per heavy atom. The van der Waals surface area contributed by atoms with Crippen molar-refractivity contribution in [3.63, 3.8) is 0 Å². The van der Waals surface area contributed by atoms with Crippen molar-refractivity contribution in [2.24, 2.45) is 5.73 Å². The first-order chi connectivity index (χ1) is 9.69. The number of non-ortho nitro benzene ring substituents is 1. The van der Waals surface area contributed by atoms with Gasteiger partial charge in [-0.1, -0.05) is 11.8 Å². The van der Waals surface area contributed by atoms with Gasteiger partial charge in [0, 0.05) is 38.6 Å². The van der Waals surface area contributed by atoms with Crippen LogP contribution in [-0.2, 0) is 5.75 Å². The number of nitrogens with zero attached hydrogens (tertiary/aromatic N) is 1. The molecule has 2 aromatic rings. The Morgan fingerprint density at radius 3 is 2.75 bits per heavy atom. The molecule has 0 aliphatic heterocycles. The Labute approximate surface area is 125 Å². The lowest BCUT2D eigenvalue weighted by Crippen LogP contribution is -1.92. The SMILES string of the molecule is NCC#Cc1csc(CSc2ccc([N+](=O)[O-])cc2)c1. The van der Waals surface area contributed by atoms with E-state index >= 15 is 0 Å². The van der Waals surface area contributed by atoms with E-state index in [1.807, 2.05) is 11.4 Å². The van der Waals surface area contributed by atoms with Crippen LogP contribution in [-0.4, -0.2) is 11.5 Å². The second-order valence-corrected chi connectivity index (χ2v) is 5.89. The van der Waals surface area contributed by atoms with Gasteiger partial charge in [0.05, 0.1) is 11.5 Å². The van der Waals surface area contributed by atoms with Crippen LogP contribution < -0.4 is 5.73 Å². The molecule has 0 aliphatic rings. The van der Waals surface area contributed by atoms with E-state index in [0.29, 0.717) is 6.54 Å². The minimum absolute atomic E-state index is 0.116. The molecule has 1 heterocycles. The van der Waals surface area contributed by atoms with Crippen LogP contribution in [0.2, 0.25) is 0 Å². The third-order valence-electron chi connectivity index (χ3n) is 2.42. The summed E-state index contributed by atoms with van der Waals surface area (Å²) in [4.78, 5) is 12.4. The highest BCUT2D eigenvalue weighted by atomic mass is 32.2. The number of rotatable bonds is 4. The number of thiophene rings is 1. The van der Waals surface area contributed by atoms with Crippen LogP contribution in [0.25, 0.3) is 0 Å². The van der Waals surface area contributed by atoms with Gasteiger partial charge in [-0.25, -0.2) is 0 Å². The molecule has 0 spiro atoms. The molecule has 4 nitrogen and oxygen atoms in total. The van der Waals surface area contributed by atoms with Crippen LogP contribution in [0.15, 0.2) is 40.6 Å². The van der Waals surface area contributed by atoms with Crippen molar-refractivity contribution in [1.29, 1.82) is 0 Å². The maximum absolute atomic E-state index is 10.6.